The zero-order valence-electron chi connectivity index (χ0n) is 10.9. The number of carbonyl (C=O) groups excluding carboxylic acids is 1. The zero-order valence-corrected chi connectivity index (χ0v) is 10.9. The van der Waals surface area contributed by atoms with E-state index >= 15 is 0 Å². The molecule has 1 aromatic carbocycles. The fourth-order valence-electron chi connectivity index (χ4n) is 1.87. The van der Waals surface area contributed by atoms with Crippen LogP contribution < -0.4 is 11.3 Å². The van der Waals surface area contributed by atoms with Gasteiger partial charge in [0.25, 0.3) is 5.91 Å². The van der Waals surface area contributed by atoms with Crippen molar-refractivity contribution in [2.24, 2.45) is 5.84 Å². The smallest absolute Gasteiger partial charge is 0.391 e. The normalized spacial score (nSPS) is 11.8. The largest absolute Gasteiger partial charge is 0.458 e. The summed E-state index contributed by atoms with van der Waals surface area (Å²) in [4.78, 5) is 11.8. The molecule has 1 aromatic heterocycles. The highest BCUT2D eigenvalue weighted by molar-refractivity contribution is 6.06. The summed E-state index contributed by atoms with van der Waals surface area (Å²) >= 11 is 0. The molecule has 21 heavy (non-hydrogen) atoms. The van der Waals surface area contributed by atoms with Gasteiger partial charge in [0.05, 0.1) is 18.6 Å². The first-order valence-corrected chi connectivity index (χ1v) is 6.08. The van der Waals surface area contributed by atoms with Gasteiger partial charge >= 0.3 is 6.18 Å². The van der Waals surface area contributed by atoms with Gasteiger partial charge in [0.2, 0.25) is 0 Å². The third kappa shape index (κ3) is 3.73. The summed E-state index contributed by atoms with van der Waals surface area (Å²) in [6.45, 7) is -0.752. The van der Waals surface area contributed by atoms with Crippen molar-refractivity contribution >= 4 is 16.9 Å². The third-order valence-electron chi connectivity index (χ3n) is 2.79. The Labute approximate surface area is 117 Å². The maximum absolute atomic E-state index is 12.0. The lowest BCUT2D eigenvalue weighted by Crippen LogP contribution is -2.30. The summed E-state index contributed by atoms with van der Waals surface area (Å²) < 4.78 is 46.4. The van der Waals surface area contributed by atoms with Gasteiger partial charge in [-0.3, -0.25) is 10.2 Å². The van der Waals surface area contributed by atoms with Crippen LogP contribution in [0.4, 0.5) is 13.2 Å². The van der Waals surface area contributed by atoms with Crippen LogP contribution in [0.25, 0.3) is 11.0 Å². The van der Waals surface area contributed by atoms with E-state index in [0.717, 1.165) is 0 Å². The Morgan fingerprint density at radius 3 is 2.71 bits per heavy atom. The summed E-state index contributed by atoms with van der Waals surface area (Å²) in [7, 11) is 0. The number of nitrogen functional groups attached to an aromatic ring is 1. The summed E-state index contributed by atoms with van der Waals surface area (Å²) in [5.74, 6) is 4.66. The number of halogens is 3. The predicted octanol–water partition coefficient (Wildman–Crippen LogP) is 2.51. The highest BCUT2D eigenvalue weighted by Gasteiger charge is 2.27. The standard InChI is InChI=1S/C13H13F3N2O3/c14-13(15,16)5-6-20-7-10-11(12(19)18-17)8-3-1-2-4-9(8)21-10/h1-4H,5-7,17H2,(H,18,19). The molecule has 0 bridgehead atoms. The van der Waals surface area contributed by atoms with E-state index in [9.17, 15) is 18.0 Å². The molecule has 0 saturated carbocycles. The Hall–Kier alpha value is -2.06. The van der Waals surface area contributed by atoms with Gasteiger partial charge in [0, 0.05) is 5.39 Å². The number of ether oxygens (including phenoxy) is 1. The van der Waals surface area contributed by atoms with Crippen molar-refractivity contribution in [3.63, 3.8) is 0 Å². The molecule has 8 heteroatoms. The van der Waals surface area contributed by atoms with Crippen LogP contribution in [0.2, 0.25) is 0 Å². The number of carbonyl (C=O) groups is 1. The Morgan fingerprint density at radius 2 is 2.05 bits per heavy atom. The minimum Gasteiger partial charge on any atom is -0.458 e. The van der Waals surface area contributed by atoms with Crippen LogP contribution in [-0.2, 0) is 11.3 Å². The molecule has 0 aliphatic carbocycles. The molecule has 0 spiro atoms. The van der Waals surface area contributed by atoms with Crippen molar-refractivity contribution < 1.29 is 27.1 Å². The van der Waals surface area contributed by atoms with E-state index in [1.54, 1.807) is 24.3 Å². The fraction of sp³-hybridized carbons (Fsp3) is 0.308. The Morgan fingerprint density at radius 1 is 1.33 bits per heavy atom. The average Bonchev–Trinajstić information content (AvgIpc) is 2.80. The number of furan rings is 1. The maximum Gasteiger partial charge on any atom is 0.391 e. The maximum atomic E-state index is 12.0. The number of fused-ring (bicyclic) bond motifs is 1. The van der Waals surface area contributed by atoms with Gasteiger partial charge in [-0.2, -0.15) is 13.2 Å². The van der Waals surface area contributed by atoms with E-state index in [2.05, 4.69) is 0 Å². The monoisotopic (exact) mass is 302 g/mol. The first kappa shape index (κ1) is 15.3. The lowest BCUT2D eigenvalue weighted by atomic mass is 10.1. The summed E-state index contributed by atoms with van der Waals surface area (Å²) in [5, 5.41) is 0.523. The van der Waals surface area contributed by atoms with Crippen molar-refractivity contribution in [3.05, 3.63) is 35.6 Å². The van der Waals surface area contributed by atoms with Crippen molar-refractivity contribution in [1.29, 1.82) is 0 Å². The van der Waals surface area contributed by atoms with Crippen LogP contribution in [0, 0.1) is 0 Å². The molecule has 0 fully saturated rings. The fourth-order valence-corrected chi connectivity index (χ4v) is 1.87. The summed E-state index contributed by atoms with van der Waals surface area (Å²) in [6.07, 6.45) is -5.35. The second-order valence-corrected chi connectivity index (χ2v) is 4.29. The summed E-state index contributed by atoms with van der Waals surface area (Å²) in [5.41, 5.74) is 2.58. The van der Waals surface area contributed by atoms with Gasteiger partial charge < -0.3 is 9.15 Å². The van der Waals surface area contributed by atoms with Crippen LogP contribution >= 0.6 is 0 Å². The van der Waals surface area contributed by atoms with Crippen molar-refractivity contribution in [2.75, 3.05) is 6.61 Å². The number of hydrazine groups is 1. The molecule has 2 aromatic rings. The quantitative estimate of drug-likeness (QED) is 0.385. The third-order valence-corrected chi connectivity index (χ3v) is 2.79. The number of hydrogen-bond donors (Lipinski definition) is 2. The second-order valence-electron chi connectivity index (χ2n) is 4.29. The molecule has 3 N–H and O–H groups in total. The molecular weight excluding hydrogens is 289 g/mol. The van der Waals surface area contributed by atoms with Crippen molar-refractivity contribution in [1.82, 2.24) is 5.43 Å². The van der Waals surface area contributed by atoms with E-state index < -0.39 is 25.1 Å². The number of hydrogen-bond acceptors (Lipinski definition) is 4. The van der Waals surface area contributed by atoms with Crippen molar-refractivity contribution in [3.8, 4) is 0 Å². The molecule has 5 nitrogen and oxygen atoms in total. The molecule has 0 aliphatic heterocycles. The SMILES string of the molecule is NNC(=O)c1c(COCCC(F)(F)F)oc2ccccc12. The minimum atomic E-state index is -4.29. The van der Waals surface area contributed by atoms with Crippen LogP contribution in [0.3, 0.4) is 0 Å². The number of alkyl halides is 3. The van der Waals surface area contributed by atoms with E-state index in [1.165, 1.54) is 0 Å². The van der Waals surface area contributed by atoms with Crippen molar-refractivity contribution in [2.45, 2.75) is 19.2 Å². The lowest BCUT2D eigenvalue weighted by Gasteiger charge is -2.07. The first-order chi connectivity index (χ1) is 9.92. The van der Waals surface area contributed by atoms with Gasteiger partial charge in [-0.1, -0.05) is 18.2 Å². The molecule has 1 heterocycles. The number of nitrogens with one attached hydrogen (secondary N) is 1. The van der Waals surface area contributed by atoms with Gasteiger partial charge in [0.1, 0.15) is 18.0 Å². The number of amides is 1. The number of nitrogens with two attached hydrogens (primary N) is 1. The van der Waals surface area contributed by atoms with E-state index in [-0.39, 0.29) is 17.9 Å². The molecule has 0 saturated heterocycles. The number of para-hydroxylation sites is 1. The lowest BCUT2D eigenvalue weighted by molar-refractivity contribution is -0.146. The highest BCUT2D eigenvalue weighted by Crippen LogP contribution is 2.27. The van der Waals surface area contributed by atoms with Gasteiger partial charge in [-0.05, 0) is 6.07 Å². The van der Waals surface area contributed by atoms with Gasteiger partial charge in [-0.15, -0.1) is 0 Å². The number of benzene rings is 1. The van der Waals surface area contributed by atoms with Crippen LogP contribution in [0.15, 0.2) is 28.7 Å². The molecule has 0 aliphatic rings. The number of rotatable bonds is 5. The van der Waals surface area contributed by atoms with E-state index in [0.29, 0.717) is 11.0 Å². The highest BCUT2D eigenvalue weighted by atomic mass is 19.4. The van der Waals surface area contributed by atoms with Crippen LogP contribution in [-0.4, -0.2) is 18.7 Å². The molecule has 114 valence electrons. The predicted molar refractivity (Wildman–Crippen MR) is 68.2 cm³/mol. The Balaban J connectivity index is 2.17. The van der Waals surface area contributed by atoms with Gasteiger partial charge in [0.15, 0.2) is 0 Å². The Bertz CT molecular complexity index is 637. The molecule has 0 atom stereocenters. The molecule has 0 unspecified atom stereocenters. The zero-order chi connectivity index (χ0) is 15.5. The minimum absolute atomic E-state index is 0.140. The Kier molecular flexibility index (Phi) is 4.49. The summed E-state index contributed by atoms with van der Waals surface area (Å²) in [6, 6.07) is 6.72. The molecular formula is C13H13F3N2O3. The average molecular weight is 302 g/mol. The first-order valence-electron chi connectivity index (χ1n) is 6.08. The topological polar surface area (TPSA) is 77.5 Å². The molecule has 2 rings (SSSR count). The molecule has 0 radical (unpaired) electrons. The van der Waals surface area contributed by atoms with E-state index in [4.69, 9.17) is 15.0 Å². The van der Waals surface area contributed by atoms with Gasteiger partial charge in [-0.25, -0.2) is 5.84 Å². The molecule has 1 amide bonds. The second kappa shape index (κ2) is 6.15. The van der Waals surface area contributed by atoms with Crippen LogP contribution in [0.5, 0.6) is 0 Å². The van der Waals surface area contributed by atoms with E-state index in [1.807, 2.05) is 5.43 Å². The van der Waals surface area contributed by atoms with Crippen LogP contribution in [0.1, 0.15) is 22.5 Å².